The molecule has 1 heterocycles. The van der Waals surface area contributed by atoms with E-state index in [0.29, 0.717) is 24.9 Å². The van der Waals surface area contributed by atoms with Gasteiger partial charge in [0.1, 0.15) is 5.76 Å². The fourth-order valence-electron chi connectivity index (χ4n) is 2.43. The average molecular weight is 408 g/mol. The van der Waals surface area contributed by atoms with E-state index in [4.69, 9.17) is 4.42 Å². The number of hydrogen-bond donors (Lipinski definition) is 3. The van der Waals surface area contributed by atoms with Crippen LogP contribution in [0.1, 0.15) is 43.5 Å². The zero-order valence-electron chi connectivity index (χ0n) is 17.0. The number of rotatable bonds is 7. The summed E-state index contributed by atoms with van der Waals surface area (Å²) in [6.07, 6.45) is 1.75. The molecule has 0 radical (unpaired) electrons. The number of aliphatic imine (C=N–C) groups is 1. The summed E-state index contributed by atoms with van der Waals surface area (Å²) >= 11 is 0. The number of nitrogens with one attached hydrogen (secondary N) is 3. The first-order chi connectivity index (χ1) is 13.1. The van der Waals surface area contributed by atoms with Gasteiger partial charge in [-0.15, -0.1) is 0 Å². The molecule has 2 rings (SSSR count). The van der Waals surface area contributed by atoms with Gasteiger partial charge in [-0.1, -0.05) is 45.0 Å². The molecule has 8 nitrogen and oxygen atoms in total. The molecule has 2 aromatic rings. The topological polar surface area (TPSA) is 109 Å². The van der Waals surface area contributed by atoms with Gasteiger partial charge in [-0.3, -0.25) is 4.99 Å². The molecule has 0 atom stereocenters. The third-order valence-electron chi connectivity index (χ3n) is 4.04. The van der Waals surface area contributed by atoms with Crippen LogP contribution in [0.25, 0.3) is 0 Å². The maximum Gasteiger partial charge on any atom is 0.215 e. The minimum absolute atomic E-state index is 0.0510. The van der Waals surface area contributed by atoms with Gasteiger partial charge in [0.25, 0.3) is 0 Å². The quantitative estimate of drug-likeness (QED) is 0.478. The molecule has 0 amide bonds. The first-order valence-corrected chi connectivity index (χ1v) is 10.7. The Morgan fingerprint density at radius 3 is 2.46 bits per heavy atom. The highest BCUT2D eigenvalue weighted by Gasteiger charge is 2.19. The van der Waals surface area contributed by atoms with Crippen molar-refractivity contribution in [3.8, 4) is 0 Å². The van der Waals surface area contributed by atoms with Crippen molar-refractivity contribution in [2.24, 2.45) is 4.99 Å². The van der Waals surface area contributed by atoms with Gasteiger partial charge < -0.3 is 15.1 Å². The van der Waals surface area contributed by atoms with Crippen molar-refractivity contribution in [3.63, 3.8) is 0 Å². The van der Waals surface area contributed by atoms with Crippen molar-refractivity contribution in [3.05, 3.63) is 53.2 Å². The molecule has 1 aromatic carbocycles. The van der Waals surface area contributed by atoms with E-state index in [-0.39, 0.29) is 11.2 Å². The summed E-state index contributed by atoms with van der Waals surface area (Å²) in [5, 5.41) is 6.36. The Hall–Kier alpha value is -2.39. The lowest BCUT2D eigenvalue weighted by atomic mass is 9.94. The largest absolute Gasteiger partial charge is 0.443 e. The van der Waals surface area contributed by atoms with E-state index in [1.54, 1.807) is 19.3 Å². The van der Waals surface area contributed by atoms with Gasteiger partial charge in [0.15, 0.2) is 5.96 Å². The van der Waals surface area contributed by atoms with E-state index in [0.717, 1.165) is 16.9 Å². The molecule has 0 aliphatic carbocycles. The lowest BCUT2D eigenvalue weighted by Gasteiger charge is -2.13. The maximum absolute atomic E-state index is 11.7. The number of benzene rings is 1. The van der Waals surface area contributed by atoms with Crippen LogP contribution in [-0.2, 0) is 34.3 Å². The van der Waals surface area contributed by atoms with Gasteiger partial charge in [0.05, 0.1) is 18.5 Å². The first-order valence-electron chi connectivity index (χ1n) is 9.01. The van der Waals surface area contributed by atoms with Crippen LogP contribution in [0.3, 0.4) is 0 Å². The number of oxazole rings is 1. The number of aromatic nitrogens is 1. The summed E-state index contributed by atoms with van der Waals surface area (Å²) in [5.74, 6) is 1.97. The van der Waals surface area contributed by atoms with Crippen LogP contribution >= 0.6 is 0 Å². The molecule has 154 valence electrons. The van der Waals surface area contributed by atoms with E-state index < -0.39 is 10.0 Å². The molecule has 0 saturated carbocycles. The smallest absolute Gasteiger partial charge is 0.215 e. The molecular weight excluding hydrogens is 378 g/mol. The van der Waals surface area contributed by atoms with Crippen LogP contribution in [0.15, 0.2) is 39.9 Å². The Bertz CT molecular complexity index is 914. The van der Waals surface area contributed by atoms with Gasteiger partial charge in [-0.2, -0.15) is 0 Å². The van der Waals surface area contributed by atoms with Crippen LogP contribution in [0.2, 0.25) is 0 Å². The first kappa shape index (κ1) is 21.9. The standard InChI is InChI=1S/C19H29N5O3S/c1-19(2,3)16-11-22-17(27-16)12-24-18(20-4)23-10-14-7-6-8-15(9-14)13-28(25,26)21-5/h6-9,11,21H,10,12-13H2,1-5H3,(H2,20,23,24). The minimum atomic E-state index is -3.30. The Morgan fingerprint density at radius 1 is 1.18 bits per heavy atom. The molecule has 28 heavy (non-hydrogen) atoms. The minimum Gasteiger partial charge on any atom is -0.443 e. The van der Waals surface area contributed by atoms with Crippen LogP contribution in [0, 0.1) is 0 Å². The second-order valence-corrected chi connectivity index (χ2v) is 9.36. The Morgan fingerprint density at radius 2 is 1.86 bits per heavy atom. The summed E-state index contributed by atoms with van der Waals surface area (Å²) in [4.78, 5) is 8.47. The van der Waals surface area contributed by atoms with Gasteiger partial charge >= 0.3 is 0 Å². The van der Waals surface area contributed by atoms with Gasteiger partial charge in [-0.25, -0.2) is 18.1 Å². The third kappa shape index (κ3) is 6.65. The van der Waals surface area contributed by atoms with Crippen molar-refractivity contribution >= 4 is 16.0 Å². The molecule has 0 saturated heterocycles. The van der Waals surface area contributed by atoms with Gasteiger partial charge in [0, 0.05) is 19.0 Å². The molecular formula is C19H29N5O3S. The predicted molar refractivity (Wildman–Crippen MR) is 110 cm³/mol. The lowest BCUT2D eigenvalue weighted by Crippen LogP contribution is -2.36. The van der Waals surface area contributed by atoms with E-state index in [1.807, 2.05) is 18.2 Å². The molecule has 3 N–H and O–H groups in total. The normalized spacial score (nSPS) is 12.8. The zero-order valence-corrected chi connectivity index (χ0v) is 17.9. The fourth-order valence-corrected chi connectivity index (χ4v) is 3.19. The van der Waals surface area contributed by atoms with Gasteiger partial charge in [-0.05, 0) is 18.2 Å². The Kier molecular flexibility index (Phi) is 7.20. The molecule has 0 aliphatic heterocycles. The van der Waals surface area contributed by atoms with Crippen LogP contribution < -0.4 is 15.4 Å². The van der Waals surface area contributed by atoms with Crippen LogP contribution in [-0.4, -0.2) is 33.5 Å². The number of nitrogens with zero attached hydrogens (tertiary/aromatic N) is 2. The molecule has 0 unspecified atom stereocenters. The molecule has 0 spiro atoms. The highest BCUT2D eigenvalue weighted by Crippen LogP contribution is 2.22. The van der Waals surface area contributed by atoms with E-state index in [1.165, 1.54) is 7.05 Å². The number of hydrogen-bond acceptors (Lipinski definition) is 5. The fraction of sp³-hybridized carbons (Fsp3) is 0.474. The Labute approximate surface area is 166 Å². The molecule has 0 aliphatic rings. The van der Waals surface area contributed by atoms with Crippen molar-refractivity contribution in [2.75, 3.05) is 14.1 Å². The SMILES string of the molecule is CN=C(NCc1cccc(CS(=O)(=O)NC)c1)NCc1ncc(C(C)(C)C)o1. The predicted octanol–water partition coefficient (Wildman–Crippen LogP) is 1.89. The van der Waals surface area contributed by atoms with Crippen LogP contribution in [0.5, 0.6) is 0 Å². The molecule has 0 fully saturated rings. The lowest BCUT2D eigenvalue weighted by molar-refractivity contribution is 0.379. The highest BCUT2D eigenvalue weighted by molar-refractivity contribution is 7.88. The summed E-state index contributed by atoms with van der Waals surface area (Å²) in [7, 11) is -0.204. The van der Waals surface area contributed by atoms with Crippen molar-refractivity contribution in [1.29, 1.82) is 0 Å². The molecule has 1 aromatic heterocycles. The highest BCUT2D eigenvalue weighted by atomic mass is 32.2. The summed E-state index contributed by atoms with van der Waals surface area (Å²) in [6.45, 7) is 7.13. The van der Waals surface area contributed by atoms with E-state index >= 15 is 0 Å². The summed E-state index contributed by atoms with van der Waals surface area (Å²) in [6, 6.07) is 7.42. The zero-order chi connectivity index (χ0) is 20.8. The van der Waals surface area contributed by atoms with E-state index in [2.05, 4.69) is 46.1 Å². The van der Waals surface area contributed by atoms with Gasteiger partial charge in [0.2, 0.25) is 15.9 Å². The number of guanidine groups is 1. The molecule has 0 bridgehead atoms. The third-order valence-corrected chi connectivity index (χ3v) is 5.38. The Balaban J connectivity index is 1.91. The summed E-state index contributed by atoms with van der Waals surface area (Å²) < 4.78 is 31.5. The average Bonchev–Trinajstić information content (AvgIpc) is 3.11. The van der Waals surface area contributed by atoms with Crippen LogP contribution in [0.4, 0.5) is 0 Å². The van der Waals surface area contributed by atoms with Crippen molar-refractivity contribution in [1.82, 2.24) is 20.3 Å². The number of sulfonamides is 1. The maximum atomic E-state index is 11.7. The monoisotopic (exact) mass is 407 g/mol. The second kappa shape index (κ2) is 9.20. The van der Waals surface area contributed by atoms with Crippen molar-refractivity contribution < 1.29 is 12.8 Å². The van der Waals surface area contributed by atoms with E-state index in [9.17, 15) is 8.42 Å². The summed E-state index contributed by atoms with van der Waals surface area (Å²) in [5.41, 5.74) is 1.60. The second-order valence-electron chi connectivity index (χ2n) is 7.43. The molecule has 9 heteroatoms. The van der Waals surface area contributed by atoms with Crippen molar-refractivity contribution in [2.45, 2.75) is 45.0 Å².